The van der Waals surface area contributed by atoms with E-state index < -0.39 is 6.17 Å². The quantitative estimate of drug-likeness (QED) is 0.810. The molecule has 1 fully saturated rings. The van der Waals surface area contributed by atoms with Gasteiger partial charge in [-0.25, -0.2) is 4.39 Å². The molecule has 2 atom stereocenters. The zero-order valence-electron chi connectivity index (χ0n) is 10.2. The number of halogens is 2. The van der Waals surface area contributed by atoms with Crippen LogP contribution >= 0.6 is 0 Å². The number of benzene rings is 1. The van der Waals surface area contributed by atoms with E-state index >= 15 is 0 Å². The number of hydrogen-bond donors (Lipinski definition) is 0. The van der Waals surface area contributed by atoms with Crippen LogP contribution in [0, 0.1) is 0 Å². The molecule has 1 heterocycles. The Hall–Kier alpha value is -1.16. The molecule has 17 heavy (non-hydrogen) atoms. The van der Waals surface area contributed by atoms with Crippen LogP contribution in [0.3, 0.4) is 0 Å². The first kappa shape index (κ1) is 13.9. The summed E-state index contributed by atoms with van der Waals surface area (Å²) in [7, 11) is 0.500. The maximum Gasteiger partial charge on any atom is 0.126 e. The fourth-order valence-corrected chi connectivity index (χ4v) is 1.70. The van der Waals surface area contributed by atoms with E-state index in [1.807, 2.05) is 18.2 Å². The number of para-hydroxylation sites is 1. The van der Waals surface area contributed by atoms with E-state index in [0.717, 1.165) is 13.0 Å². The average Bonchev–Trinajstić information content (AvgIpc) is 2.85. The van der Waals surface area contributed by atoms with Crippen molar-refractivity contribution in [3.05, 3.63) is 29.8 Å². The summed E-state index contributed by atoms with van der Waals surface area (Å²) >= 11 is 0. The molecule has 0 saturated carbocycles. The number of hydrogen-bond acceptors (Lipinski definition) is 2. The second kappa shape index (κ2) is 7.22. The van der Waals surface area contributed by atoms with Gasteiger partial charge in [-0.3, -0.25) is 4.39 Å². The molecule has 0 spiro atoms. The van der Waals surface area contributed by atoms with Crippen molar-refractivity contribution < 1.29 is 18.3 Å². The topological polar surface area (TPSA) is 18.5 Å². The van der Waals surface area contributed by atoms with Gasteiger partial charge in [-0.15, -0.1) is 0 Å². The highest BCUT2D eigenvalue weighted by Gasteiger charge is 2.19. The van der Waals surface area contributed by atoms with Gasteiger partial charge in [0.2, 0.25) is 0 Å². The van der Waals surface area contributed by atoms with Crippen LogP contribution in [0.2, 0.25) is 0 Å². The first-order valence-electron chi connectivity index (χ1n) is 5.62. The van der Waals surface area contributed by atoms with Gasteiger partial charge < -0.3 is 9.47 Å². The largest absolute Gasteiger partial charge is 0.488 e. The van der Waals surface area contributed by atoms with E-state index in [-0.39, 0.29) is 6.10 Å². The highest BCUT2D eigenvalue weighted by Crippen LogP contribution is 2.28. The normalized spacial score (nSPS) is 20.4. The van der Waals surface area contributed by atoms with Crippen molar-refractivity contribution in [2.24, 2.45) is 0 Å². The summed E-state index contributed by atoms with van der Waals surface area (Å²) in [6.45, 7) is 2.86. The maximum absolute atomic E-state index is 13.3. The van der Waals surface area contributed by atoms with Crippen molar-refractivity contribution >= 4 is 0 Å². The van der Waals surface area contributed by atoms with Crippen LogP contribution in [0.5, 0.6) is 5.75 Å². The van der Waals surface area contributed by atoms with Crippen molar-refractivity contribution in [3.63, 3.8) is 0 Å². The maximum atomic E-state index is 13.3. The first-order chi connectivity index (χ1) is 8.27. The van der Waals surface area contributed by atoms with Gasteiger partial charge in [0.05, 0.1) is 20.4 Å². The zero-order valence-corrected chi connectivity index (χ0v) is 10.2. The highest BCUT2D eigenvalue weighted by atomic mass is 19.1. The minimum atomic E-state index is -0.997. The predicted octanol–water partition coefficient (Wildman–Crippen LogP) is 3.47. The van der Waals surface area contributed by atoms with Gasteiger partial charge in [0, 0.05) is 12.0 Å². The van der Waals surface area contributed by atoms with E-state index in [2.05, 4.69) is 0 Å². The molecule has 1 aliphatic heterocycles. The molecule has 96 valence electrons. The minimum Gasteiger partial charge on any atom is -0.488 e. The molecule has 2 unspecified atom stereocenters. The molecule has 1 saturated heterocycles. The van der Waals surface area contributed by atoms with Crippen LogP contribution in [0.25, 0.3) is 0 Å². The molecule has 1 aromatic carbocycles. The van der Waals surface area contributed by atoms with E-state index in [9.17, 15) is 8.78 Å². The molecule has 2 rings (SSSR count). The molecule has 4 heteroatoms. The Morgan fingerprint density at radius 3 is 2.65 bits per heavy atom. The minimum absolute atomic E-state index is 0.0740. The molecular weight excluding hydrogens is 226 g/mol. The lowest BCUT2D eigenvalue weighted by molar-refractivity contribution is 0.139. The van der Waals surface area contributed by atoms with Crippen molar-refractivity contribution in [1.82, 2.24) is 0 Å². The Morgan fingerprint density at radius 2 is 2.06 bits per heavy atom. The fourth-order valence-electron chi connectivity index (χ4n) is 1.70. The highest BCUT2D eigenvalue weighted by molar-refractivity contribution is 5.35. The Morgan fingerprint density at radius 1 is 1.35 bits per heavy atom. The van der Waals surface area contributed by atoms with Crippen molar-refractivity contribution in [2.75, 3.05) is 20.4 Å². The van der Waals surface area contributed by atoms with Crippen LogP contribution in [0.15, 0.2) is 24.3 Å². The van der Waals surface area contributed by atoms with Crippen LogP contribution in [-0.4, -0.2) is 26.5 Å². The SMILES string of the molecule is CC(F)c1ccccc1OC1CCOC1.CF. The second-order valence-electron chi connectivity index (χ2n) is 3.76. The molecule has 0 aromatic heterocycles. The summed E-state index contributed by atoms with van der Waals surface area (Å²) in [5.74, 6) is 0.642. The lowest BCUT2D eigenvalue weighted by atomic mass is 10.1. The third-order valence-corrected chi connectivity index (χ3v) is 2.53. The van der Waals surface area contributed by atoms with Gasteiger partial charge in [-0.2, -0.15) is 0 Å². The Labute approximate surface area is 101 Å². The molecule has 0 amide bonds. The summed E-state index contributed by atoms with van der Waals surface area (Å²) in [6.07, 6.45) is -0.0388. The first-order valence-corrected chi connectivity index (χ1v) is 5.62. The number of rotatable bonds is 3. The molecule has 0 N–H and O–H groups in total. The van der Waals surface area contributed by atoms with Gasteiger partial charge in [0.25, 0.3) is 0 Å². The molecule has 1 aromatic rings. The molecule has 2 nitrogen and oxygen atoms in total. The summed E-state index contributed by atoms with van der Waals surface area (Å²) in [5.41, 5.74) is 0.615. The Balaban J connectivity index is 0.000000686. The van der Waals surface area contributed by atoms with Crippen molar-refractivity contribution in [3.8, 4) is 5.75 Å². The van der Waals surface area contributed by atoms with Crippen LogP contribution in [0.4, 0.5) is 8.78 Å². The van der Waals surface area contributed by atoms with Gasteiger partial charge in [-0.05, 0) is 13.0 Å². The molecule has 0 aliphatic carbocycles. The van der Waals surface area contributed by atoms with Crippen molar-refractivity contribution in [2.45, 2.75) is 25.6 Å². The monoisotopic (exact) mass is 244 g/mol. The van der Waals surface area contributed by atoms with E-state index in [1.165, 1.54) is 6.92 Å². The van der Waals surface area contributed by atoms with E-state index in [1.54, 1.807) is 6.07 Å². The second-order valence-corrected chi connectivity index (χ2v) is 3.76. The third-order valence-electron chi connectivity index (χ3n) is 2.53. The fraction of sp³-hybridized carbons (Fsp3) is 0.538. The van der Waals surface area contributed by atoms with E-state index in [0.29, 0.717) is 25.1 Å². The van der Waals surface area contributed by atoms with Gasteiger partial charge >= 0.3 is 0 Å². The average molecular weight is 244 g/mol. The Kier molecular flexibility index (Phi) is 5.91. The van der Waals surface area contributed by atoms with E-state index in [4.69, 9.17) is 9.47 Å². The van der Waals surface area contributed by atoms with Gasteiger partial charge in [0.1, 0.15) is 18.0 Å². The third kappa shape index (κ3) is 3.97. The predicted molar refractivity (Wildman–Crippen MR) is 62.8 cm³/mol. The number of ether oxygens (including phenoxy) is 2. The summed E-state index contributed by atoms with van der Waals surface area (Å²) in [5, 5.41) is 0. The number of alkyl halides is 2. The van der Waals surface area contributed by atoms with Crippen molar-refractivity contribution in [1.29, 1.82) is 0 Å². The lowest BCUT2D eigenvalue weighted by Crippen LogP contribution is -2.16. The van der Waals surface area contributed by atoms with Gasteiger partial charge in [-0.1, -0.05) is 18.2 Å². The van der Waals surface area contributed by atoms with Crippen LogP contribution in [-0.2, 0) is 4.74 Å². The molecule has 0 radical (unpaired) electrons. The van der Waals surface area contributed by atoms with Crippen LogP contribution < -0.4 is 4.74 Å². The summed E-state index contributed by atoms with van der Waals surface area (Å²) in [4.78, 5) is 0. The van der Waals surface area contributed by atoms with Crippen LogP contribution in [0.1, 0.15) is 25.1 Å². The Bertz CT molecular complexity index is 323. The molecule has 0 bridgehead atoms. The smallest absolute Gasteiger partial charge is 0.126 e. The lowest BCUT2D eigenvalue weighted by Gasteiger charge is -2.15. The molecule has 1 aliphatic rings. The standard InChI is InChI=1S/C12H15FO2.CH3F/c1-9(13)11-4-2-3-5-12(11)15-10-6-7-14-8-10;1-2/h2-5,9-10H,6-8H2,1H3;1H3. The summed E-state index contributed by atoms with van der Waals surface area (Å²) < 4.78 is 33.7. The summed E-state index contributed by atoms with van der Waals surface area (Å²) in [6, 6.07) is 7.25. The van der Waals surface area contributed by atoms with Gasteiger partial charge in [0.15, 0.2) is 0 Å². The zero-order chi connectivity index (χ0) is 12.7. The molecular formula is C13H18F2O2.